The second-order valence-corrected chi connectivity index (χ2v) is 18.6. The standard InChI is InChI=1S/2C25H28N4O10.C3H6O.H2O/c2*1-11-7-17-18(8-12(11)2)29(23-21(26-17)24(34)28-25(35)27-23)9-19(37-14(4)31)22(39-16(6)33)20(38-15(5)32)10-36-13(3)30;1-3(2)4;/h2*7-8,19-20,22H,9-10H2,1-6H3,(H,28,34,35);1-2H3;1H2/t2*19-,20+,22-;;/m11../s1. The first-order valence-corrected chi connectivity index (χ1v) is 24.9. The minimum absolute atomic E-state index is 0. The summed E-state index contributed by atoms with van der Waals surface area (Å²) in [6.07, 6.45) is -8.45. The monoisotopic (exact) mass is 1160 g/mol. The summed E-state index contributed by atoms with van der Waals surface area (Å²) in [4.78, 5) is 175. The Morgan fingerprint density at radius 3 is 0.976 bits per heavy atom. The van der Waals surface area contributed by atoms with Crippen LogP contribution in [0.1, 0.15) is 91.5 Å². The average Bonchev–Trinajstić information content (AvgIpc) is 2.84. The van der Waals surface area contributed by atoms with E-state index >= 15 is 0 Å². The minimum Gasteiger partial charge on any atom is -0.462 e. The maximum Gasteiger partial charge on any atom is 0.349 e. The van der Waals surface area contributed by atoms with E-state index in [2.05, 4.69) is 29.9 Å². The second-order valence-electron chi connectivity index (χ2n) is 18.6. The molecule has 0 unspecified atom stereocenters. The number of carbonyl (C=O) groups excluding carboxylic acids is 9. The summed E-state index contributed by atoms with van der Waals surface area (Å²) in [5.41, 5.74) is 1.27. The molecular weight excluding hydrogens is 1100 g/mol. The summed E-state index contributed by atoms with van der Waals surface area (Å²) in [6, 6.07) is 6.97. The number of aromatic nitrogens is 8. The van der Waals surface area contributed by atoms with Crippen molar-refractivity contribution in [2.24, 2.45) is 0 Å². The Kier molecular flexibility index (Phi) is 24.2. The lowest BCUT2D eigenvalue weighted by Gasteiger charge is -2.32. The van der Waals surface area contributed by atoms with E-state index in [9.17, 15) is 62.3 Å². The lowest BCUT2D eigenvalue weighted by Crippen LogP contribution is -2.49. The van der Waals surface area contributed by atoms with Crippen LogP contribution in [0.15, 0.2) is 43.4 Å². The zero-order valence-electron chi connectivity index (χ0n) is 47.9. The first-order chi connectivity index (χ1) is 38.3. The molecule has 0 aliphatic carbocycles. The van der Waals surface area contributed by atoms with Gasteiger partial charge in [-0.05, 0) is 88.1 Å². The maximum atomic E-state index is 12.6. The highest BCUT2D eigenvalue weighted by molar-refractivity contribution is 5.82. The van der Waals surface area contributed by atoms with Gasteiger partial charge in [0, 0.05) is 55.4 Å². The molecule has 4 aliphatic rings. The van der Waals surface area contributed by atoms with Gasteiger partial charge >= 0.3 is 59.1 Å². The van der Waals surface area contributed by atoms with Crippen LogP contribution in [0.25, 0.3) is 45.1 Å². The number of fused-ring (bicyclic) bond motifs is 4. The van der Waals surface area contributed by atoms with Crippen LogP contribution in [-0.2, 0) is 94.1 Å². The fourth-order valence-electron chi connectivity index (χ4n) is 8.05. The van der Waals surface area contributed by atoms with Gasteiger partial charge < -0.3 is 57.3 Å². The highest BCUT2D eigenvalue weighted by Gasteiger charge is 2.41. The van der Waals surface area contributed by atoms with Crippen molar-refractivity contribution < 1.29 is 86.5 Å². The number of rotatable bonds is 18. The smallest absolute Gasteiger partial charge is 0.349 e. The van der Waals surface area contributed by atoms with Gasteiger partial charge in [-0.2, -0.15) is 9.97 Å². The predicted molar refractivity (Wildman–Crippen MR) is 288 cm³/mol. The van der Waals surface area contributed by atoms with E-state index in [1.165, 1.54) is 23.0 Å². The summed E-state index contributed by atoms with van der Waals surface area (Å²) >= 11 is 0. The third-order valence-electron chi connectivity index (χ3n) is 11.4. The first kappa shape index (κ1) is 67.7. The number of nitrogens with zero attached hydrogens (tertiary/aromatic N) is 6. The number of aryl methyl sites for hydroxylation is 4. The Morgan fingerprint density at radius 2 is 0.699 bits per heavy atom. The third-order valence-corrected chi connectivity index (χ3v) is 11.4. The second kappa shape index (κ2) is 29.7. The van der Waals surface area contributed by atoms with Gasteiger partial charge in [-0.15, -0.1) is 0 Å². The number of hydrogen-bond donors (Lipinski definition) is 2. The number of hydrogen-bond acceptors (Lipinski definition) is 25. The average molecular weight is 1170 g/mol. The van der Waals surface area contributed by atoms with Gasteiger partial charge in [0.2, 0.25) is 0 Å². The highest BCUT2D eigenvalue weighted by atomic mass is 16.6. The molecule has 0 bridgehead atoms. The molecule has 0 radical (unpaired) electrons. The van der Waals surface area contributed by atoms with Gasteiger partial charge in [0.25, 0.3) is 11.1 Å². The summed E-state index contributed by atoms with van der Waals surface area (Å²) < 4.78 is 45.4. The fourth-order valence-corrected chi connectivity index (χ4v) is 8.05. The number of H-pyrrole nitrogens is 2. The molecule has 4 aliphatic heterocycles. The largest absolute Gasteiger partial charge is 0.462 e. The van der Waals surface area contributed by atoms with Gasteiger partial charge in [0.05, 0.1) is 35.2 Å². The molecule has 6 atom stereocenters. The molecular formula is C53H64N8O22. The summed E-state index contributed by atoms with van der Waals surface area (Å²) in [6.45, 7) is 17.6. The predicted octanol–water partition coefficient (Wildman–Crippen LogP) is 0.890. The van der Waals surface area contributed by atoms with Crippen molar-refractivity contribution in [3.8, 4) is 23.0 Å². The van der Waals surface area contributed by atoms with Crippen molar-refractivity contribution in [2.75, 3.05) is 13.2 Å². The number of Topliss-reactive ketones (excluding diaryl/α,β-unsaturated/α-hetero) is 1. The van der Waals surface area contributed by atoms with Crippen LogP contribution in [0.5, 0.6) is 0 Å². The Morgan fingerprint density at radius 1 is 0.422 bits per heavy atom. The van der Waals surface area contributed by atoms with Gasteiger partial charge in [0.1, 0.15) is 19.0 Å². The topological polar surface area (TPSA) is 420 Å². The number of aromatic amines is 2. The van der Waals surface area contributed by atoms with Crippen LogP contribution in [0.2, 0.25) is 0 Å². The number of esters is 8. The van der Waals surface area contributed by atoms with Crippen LogP contribution in [0, 0.1) is 27.7 Å². The Labute approximate surface area is 471 Å². The van der Waals surface area contributed by atoms with Crippen molar-refractivity contribution in [1.29, 1.82) is 0 Å². The molecule has 4 N–H and O–H groups in total. The summed E-state index contributed by atoms with van der Waals surface area (Å²) in [5, 5.41) is 0. The zero-order valence-corrected chi connectivity index (χ0v) is 47.9. The van der Waals surface area contributed by atoms with Gasteiger partial charge in [0.15, 0.2) is 59.7 Å². The normalized spacial score (nSPS) is 12.9. The molecule has 0 amide bonds. The lowest BCUT2D eigenvalue weighted by atomic mass is 10.1. The van der Waals surface area contributed by atoms with Crippen LogP contribution >= 0.6 is 0 Å². The van der Waals surface area contributed by atoms with E-state index in [-0.39, 0.29) is 47.4 Å². The van der Waals surface area contributed by atoms with Gasteiger partial charge in [-0.3, -0.25) is 57.9 Å². The molecule has 0 aromatic heterocycles. The highest BCUT2D eigenvalue weighted by Crippen LogP contribution is 2.29. The molecule has 2 aromatic carbocycles. The summed E-state index contributed by atoms with van der Waals surface area (Å²) in [7, 11) is 0. The van der Waals surface area contributed by atoms with Crippen molar-refractivity contribution in [3.63, 3.8) is 0 Å². The van der Waals surface area contributed by atoms with E-state index in [0.717, 1.165) is 77.6 Å². The van der Waals surface area contributed by atoms with Crippen molar-refractivity contribution >= 4 is 75.6 Å². The Balaban J connectivity index is 0.000000404. The number of ketones is 1. The number of benzene rings is 2. The first-order valence-electron chi connectivity index (χ1n) is 24.9. The van der Waals surface area contributed by atoms with E-state index in [1.807, 2.05) is 27.7 Å². The maximum absolute atomic E-state index is 12.6. The zero-order chi connectivity index (χ0) is 61.6. The third kappa shape index (κ3) is 19.3. The van der Waals surface area contributed by atoms with Crippen molar-refractivity contribution in [1.82, 2.24) is 39.0 Å². The number of nitrogens with one attached hydrogen (secondary N) is 2. The van der Waals surface area contributed by atoms with E-state index in [1.54, 1.807) is 24.3 Å². The molecule has 6 rings (SSSR count). The Hall–Kier alpha value is -9.61. The van der Waals surface area contributed by atoms with Gasteiger partial charge in [-0.1, -0.05) is 0 Å². The number of ether oxygens (including phenoxy) is 8. The number of carbonyl (C=O) groups is 9. The molecule has 0 spiro atoms. The molecule has 448 valence electrons. The molecule has 30 heteroatoms. The van der Waals surface area contributed by atoms with Crippen LogP contribution in [0.4, 0.5) is 0 Å². The van der Waals surface area contributed by atoms with E-state index in [4.69, 9.17) is 37.9 Å². The van der Waals surface area contributed by atoms with E-state index in [0.29, 0.717) is 22.1 Å². The van der Waals surface area contributed by atoms with Crippen LogP contribution in [-0.4, -0.2) is 148 Å². The summed E-state index contributed by atoms with van der Waals surface area (Å²) in [5.74, 6) is -6.23. The minimum atomic E-state index is -1.47. The van der Waals surface area contributed by atoms with E-state index < -0.39 is 120 Å². The van der Waals surface area contributed by atoms with Crippen molar-refractivity contribution in [2.45, 2.75) is 147 Å². The van der Waals surface area contributed by atoms with Crippen LogP contribution in [0.3, 0.4) is 0 Å². The molecule has 83 heavy (non-hydrogen) atoms. The molecule has 4 heterocycles. The lowest BCUT2D eigenvalue weighted by molar-refractivity contribution is -0.190. The Bertz CT molecular complexity index is 3390. The molecule has 2 aromatic rings. The molecule has 0 saturated heterocycles. The quantitative estimate of drug-likeness (QED) is 0.0685. The van der Waals surface area contributed by atoms with Crippen molar-refractivity contribution in [3.05, 3.63) is 88.2 Å². The van der Waals surface area contributed by atoms with Crippen LogP contribution < -0.4 is 22.5 Å². The fraction of sp³-hybridized carbons (Fsp3) is 0.453. The molecule has 0 saturated carbocycles. The SMILES string of the molecule is CC(=O)OC[C@H](OC(C)=O)[C@H](OC(C)=O)[C@@H](Cn1c2nc(=O)[nH]c(=O)c-2nc2cc(C)c(C)cc21)OC(C)=O.CC(=O)OC[C@H](OC(C)=O)[C@H](OC(C)=O)[C@@H](Cn1c2nc(=O)[nH]c(=O)c-2nc2cc(C)c(C)cc21)OC(C)=O.CC(C)=O.O. The molecule has 0 fully saturated rings. The van der Waals surface area contributed by atoms with Gasteiger partial charge in [-0.25, -0.2) is 19.6 Å². The molecule has 30 nitrogen and oxygen atoms in total.